The number of pyridine rings is 1. The number of nitrogens with zero attached hydrogens (tertiary/aromatic N) is 3. The first-order chi connectivity index (χ1) is 31.2. The monoisotopic (exact) mass is 821 g/mol. The van der Waals surface area contributed by atoms with Gasteiger partial charge in [0.15, 0.2) is 5.82 Å². The van der Waals surface area contributed by atoms with Gasteiger partial charge >= 0.3 is 0 Å². The van der Waals surface area contributed by atoms with Crippen LogP contribution in [-0.2, 0) is 0 Å². The lowest BCUT2D eigenvalue weighted by atomic mass is 9.95. The molecule has 0 amide bonds. The molecule has 0 aliphatic heterocycles. The zero-order chi connectivity index (χ0) is 41.7. The van der Waals surface area contributed by atoms with E-state index < -0.39 is 0 Å². The highest BCUT2D eigenvalue weighted by Gasteiger charge is 2.20. The highest BCUT2D eigenvalue weighted by atomic mass is 32.1. The summed E-state index contributed by atoms with van der Waals surface area (Å²) in [5.41, 5.74) is 14.9. The molecule has 3 aromatic heterocycles. The van der Waals surface area contributed by atoms with Gasteiger partial charge in [-0.1, -0.05) is 194 Å². The van der Waals surface area contributed by atoms with E-state index in [0.29, 0.717) is 5.82 Å². The van der Waals surface area contributed by atoms with Gasteiger partial charge in [-0.05, 0) is 69.6 Å². The molecule has 11 aromatic rings. The molecule has 8 aromatic carbocycles. The minimum atomic E-state index is 0.688. The van der Waals surface area contributed by atoms with E-state index in [-0.39, 0.29) is 0 Å². The Labute approximate surface area is 370 Å². The molecule has 0 unspecified atom stereocenters. The van der Waals surface area contributed by atoms with Gasteiger partial charge < -0.3 is 0 Å². The number of benzene rings is 8. The van der Waals surface area contributed by atoms with E-state index >= 15 is 0 Å². The lowest BCUT2D eigenvalue weighted by Gasteiger charge is -2.14. The lowest BCUT2D eigenvalue weighted by Crippen LogP contribution is -1.97. The Bertz CT molecular complexity index is 3590. The summed E-state index contributed by atoms with van der Waals surface area (Å²) in [4.78, 5) is 16.2. The van der Waals surface area contributed by atoms with Gasteiger partial charge in [0.05, 0.1) is 27.3 Å². The standard InChI is InChI=1S/C59H39N3S/c1-3-14-38(15-4-1)40-28-32-43(33-29-40)52-37-53(61-59(60-52)44-34-30-41(31-35-44)39-16-5-2-6-17-39)46-21-11-20-45(36-46)48-24-13-26-51-55-50-23-9-10-27-54(50)63-58(55)57(62-56(48)51)49-25-12-19-42-18-7-8-22-47(42)49/h2-3,5-37H,1,4H2. The quantitative estimate of drug-likeness (QED) is 0.161. The Morgan fingerprint density at radius 1 is 0.413 bits per heavy atom. The van der Waals surface area contributed by atoms with Crippen LogP contribution < -0.4 is 0 Å². The molecule has 0 saturated carbocycles. The molecule has 0 N–H and O–H groups in total. The van der Waals surface area contributed by atoms with Crippen LogP contribution in [0.2, 0.25) is 0 Å². The second-order valence-corrected chi connectivity index (χ2v) is 17.2. The minimum Gasteiger partial charge on any atom is -0.246 e. The highest BCUT2D eigenvalue weighted by Crippen LogP contribution is 2.46. The fourth-order valence-corrected chi connectivity index (χ4v) is 10.4. The highest BCUT2D eigenvalue weighted by molar-refractivity contribution is 7.26. The molecule has 3 heterocycles. The van der Waals surface area contributed by atoms with Gasteiger partial charge in [0.2, 0.25) is 0 Å². The number of para-hydroxylation sites is 1. The molecule has 296 valence electrons. The Hall–Kier alpha value is -7.79. The van der Waals surface area contributed by atoms with Crippen LogP contribution in [0.5, 0.6) is 0 Å². The van der Waals surface area contributed by atoms with Gasteiger partial charge in [0, 0.05) is 48.7 Å². The maximum atomic E-state index is 5.65. The van der Waals surface area contributed by atoms with Crippen molar-refractivity contribution < 1.29 is 0 Å². The van der Waals surface area contributed by atoms with Crippen LogP contribution >= 0.6 is 11.3 Å². The van der Waals surface area contributed by atoms with Gasteiger partial charge in [0.25, 0.3) is 0 Å². The van der Waals surface area contributed by atoms with Gasteiger partial charge in [0.1, 0.15) is 0 Å². The van der Waals surface area contributed by atoms with Crippen molar-refractivity contribution in [1.29, 1.82) is 0 Å². The number of allylic oxidation sites excluding steroid dienone is 4. The summed E-state index contributed by atoms with van der Waals surface area (Å²) in [5, 5.41) is 6.08. The van der Waals surface area contributed by atoms with Crippen LogP contribution in [0.3, 0.4) is 0 Å². The first-order valence-electron chi connectivity index (χ1n) is 21.6. The minimum absolute atomic E-state index is 0.688. The molecular formula is C59H39N3S. The predicted octanol–water partition coefficient (Wildman–Crippen LogP) is 16.3. The topological polar surface area (TPSA) is 38.7 Å². The van der Waals surface area contributed by atoms with Crippen molar-refractivity contribution in [3.63, 3.8) is 0 Å². The zero-order valence-corrected chi connectivity index (χ0v) is 35.2. The molecule has 4 heteroatoms. The normalized spacial score (nSPS) is 12.7. The van der Waals surface area contributed by atoms with Crippen LogP contribution in [0.15, 0.2) is 212 Å². The van der Waals surface area contributed by atoms with E-state index in [2.05, 4.69) is 206 Å². The van der Waals surface area contributed by atoms with Crippen molar-refractivity contribution in [1.82, 2.24) is 15.0 Å². The fourth-order valence-electron chi connectivity index (χ4n) is 9.18. The van der Waals surface area contributed by atoms with E-state index in [0.717, 1.165) is 79.8 Å². The maximum Gasteiger partial charge on any atom is 0.160 e. The third kappa shape index (κ3) is 6.73. The van der Waals surface area contributed by atoms with Crippen LogP contribution in [0.25, 0.3) is 115 Å². The first kappa shape index (κ1) is 37.0. The van der Waals surface area contributed by atoms with Crippen LogP contribution in [0.4, 0.5) is 0 Å². The average molecular weight is 822 g/mol. The maximum absolute atomic E-state index is 5.65. The van der Waals surface area contributed by atoms with Crippen LogP contribution in [0, 0.1) is 0 Å². The Morgan fingerprint density at radius 2 is 1.03 bits per heavy atom. The number of rotatable bonds is 7. The smallest absolute Gasteiger partial charge is 0.160 e. The van der Waals surface area contributed by atoms with Crippen LogP contribution in [-0.4, -0.2) is 15.0 Å². The summed E-state index contributed by atoms with van der Waals surface area (Å²) in [6.07, 6.45) is 8.98. The van der Waals surface area contributed by atoms with Crippen molar-refractivity contribution in [3.05, 3.63) is 218 Å². The first-order valence-corrected chi connectivity index (χ1v) is 22.4. The molecule has 0 radical (unpaired) electrons. The molecule has 12 rings (SSSR count). The fraction of sp³-hybridized carbons (Fsp3) is 0.0339. The Balaban J connectivity index is 1.02. The van der Waals surface area contributed by atoms with Crippen molar-refractivity contribution in [3.8, 4) is 67.4 Å². The Kier molecular flexibility index (Phi) is 9.16. The number of fused-ring (bicyclic) bond motifs is 6. The van der Waals surface area contributed by atoms with E-state index in [1.54, 1.807) is 0 Å². The number of aromatic nitrogens is 3. The number of hydrogen-bond acceptors (Lipinski definition) is 4. The molecule has 0 fully saturated rings. The summed E-state index contributed by atoms with van der Waals surface area (Å²) in [5.74, 6) is 0.688. The zero-order valence-electron chi connectivity index (χ0n) is 34.4. The molecule has 63 heavy (non-hydrogen) atoms. The van der Waals surface area contributed by atoms with Gasteiger partial charge in [-0.25, -0.2) is 15.0 Å². The SMILES string of the molecule is C1=CC(c2ccc(-c3cc(-c4cccc(-c5cccc6c5nc(-c5cccc7ccccc57)c5sc7ccccc7c56)c4)nc(-c4ccc(-c5ccccc5)cc4)n3)cc2)=CCC1. The largest absolute Gasteiger partial charge is 0.246 e. The third-order valence-corrected chi connectivity index (χ3v) is 13.5. The van der Waals surface area contributed by atoms with E-state index in [4.69, 9.17) is 15.0 Å². The van der Waals surface area contributed by atoms with E-state index in [1.807, 2.05) is 17.4 Å². The summed E-state index contributed by atoms with van der Waals surface area (Å²) >= 11 is 1.83. The molecular weight excluding hydrogens is 783 g/mol. The van der Waals surface area contributed by atoms with Crippen molar-refractivity contribution in [2.24, 2.45) is 0 Å². The van der Waals surface area contributed by atoms with Gasteiger partial charge in [-0.15, -0.1) is 11.3 Å². The van der Waals surface area contributed by atoms with E-state index in [1.165, 1.54) is 47.6 Å². The second kappa shape index (κ2) is 15.6. The summed E-state index contributed by atoms with van der Waals surface area (Å²) in [7, 11) is 0. The number of thiophene rings is 1. The van der Waals surface area contributed by atoms with Crippen LogP contribution in [0.1, 0.15) is 18.4 Å². The summed E-state index contributed by atoms with van der Waals surface area (Å²) < 4.78 is 2.47. The Morgan fingerprint density at radius 3 is 1.87 bits per heavy atom. The van der Waals surface area contributed by atoms with E-state index in [9.17, 15) is 0 Å². The van der Waals surface area contributed by atoms with Gasteiger partial charge in [-0.2, -0.15) is 0 Å². The molecule has 0 saturated heterocycles. The molecule has 0 atom stereocenters. The molecule has 1 aliphatic rings. The molecule has 1 aliphatic carbocycles. The second-order valence-electron chi connectivity index (χ2n) is 16.2. The van der Waals surface area contributed by atoms with Crippen molar-refractivity contribution >= 4 is 58.8 Å². The van der Waals surface area contributed by atoms with Crippen molar-refractivity contribution in [2.75, 3.05) is 0 Å². The number of hydrogen-bond donors (Lipinski definition) is 0. The third-order valence-electron chi connectivity index (χ3n) is 12.3. The lowest BCUT2D eigenvalue weighted by molar-refractivity contribution is 1.04. The molecule has 0 bridgehead atoms. The summed E-state index contributed by atoms with van der Waals surface area (Å²) in [6, 6.07) is 69.4. The molecule has 3 nitrogen and oxygen atoms in total. The van der Waals surface area contributed by atoms with Gasteiger partial charge in [-0.3, -0.25) is 0 Å². The molecule has 0 spiro atoms. The summed E-state index contributed by atoms with van der Waals surface area (Å²) in [6.45, 7) is 0. The van der Waals surface area contributed by atoms with Crippen molar-refractivity contribution in [2.45, 2.75) is 12.8 Å². The predicted molar refractivity (Wildman–Crippen MR) is 267 cm³/mol. The average Bonchev–Trinajstić information content (AvgIpc) is 3.77.